The molecule has 0 aliphatic carbocycles. The molecule has 0 amide bonds. The van der Waals surface area contributed by atoms with Crippen molar-refractivity contribution < 1.29 is 32.5 Å². The van der Waals surface area contributed by atoms with Crippen LogP contribution in [-0.2, 0) is 23.1 Å². The molecule has 0 heterocycles. The number of esters is 1. The van der Waals surface area contributed by atoms with Crippen molar-refractivity contribution >= 4 is 13.8 Å². The van der Waals surface area contributed by atoms with E-state index >= 15 is 0 Å². The van der Waals surface area contributed by atoms with Gasteiger partial charge in [-0.2, -0.15) is 0 Å². The molecule has 0 fully saturated rings. The van der Waals surface area contributed by atoms with Crippen molar-refractivity contribution in [2.45, 2.75) is 26.2 Å². The van der Waals surface area contributed by atoms with Crippen molar-refractivity contribution in [3.63, 3.8) is 0 Å². The van der Waals surface area contributed by atoms with E-state index in [0.29, 0.717) is 23.9 Å². The Kier molecular flexibility index (Phi) is 9.25. The summed E-state index contributed by atoms with van der Waals surface area (Å²) >= 11 is 0. The summed E-state index contributed by atoms with van der Waals surface area (Å²) < 4.78 is 26.6. The van der Waals surface area contributed by atoms with Gasteiger partial charge in [0.1, 0.15) is 13.2 Å². The van der Waals surface area contributed by atoms with Gasteiger partial charge >= 0.3 is 13.8 Å². The highest BCUT2D eigenvalue weighted by atomic mass is 31.2. The topological polar surface area (TPSA) is 82.1 Å². The van der Waals surface area contributed by atoms with Crippen LogP contribution in [0, 0.1) is 0 Å². The largest absolute Gasteiger partial charge is 0.472 e. The van der Waals surface area contributed by atoms with Crippen LogP contribution in [0.2, 0.25) is 0 Å². The van der Waals surface area contributed by atoms with Crippen molar-refractivity contribution in [3.05, 3.63) is 0 Å². The van der Waals surface area contributed by atoms with Gasteiger partial charge in [0, 0.05) is 12.8 Å². The lowest BCUT2D eigenvalue weighted by Crippen LogP contribution is -2.37. The fraction of sp³-hybridized carbons (Fsp3) is 0.917. The Labute approximate surface area is 121 Å². The number of phosphoric ester groups is 1. The average Bonchev–Trinajstić information content (AvgIpc) is 2.26. The van der Waals surface area contributed by atoms with Gasteiger partial charge in [-0.15, -0.1) is 0 Å². The summed E-state index contributed by atoms with van der Waals surface area (Å²) in [5.74, 6) is -0.265. The van der Waals surface area contributed by atoms with E-state index in [1.54, 1.807) is 0 Å². The summed E-state index contributed by atoms with van der Waals surface area (Å²) in [5.41, 5.74) is 0. The van der Waals surface area contributed by atoms with Crippen LogP contribution in [0.3, 0.4) is 0 Å². The van der Waals surface area contributed by atoms with Gasteiger partial charge < -0.3 is 14.1 Å². The van der Waals surface area contributed by atoms with E-state index in [-0.39, 0.29) is 25.8 Å². The Morgan fingerprint density at radius 3 is 2.30 bits per heavy atom. The lowest BCUT2D eigenvalue weighted by Gasteiger charge is -2.24. The van der Waals surface area contributed by atoms with Crippen LogP contribution in [0.4, 0.5) is 0 Å². The van der Waals surface area contributed by atoms with E-state index in [0.717, 1.165) is 6.42 Å². The Balaban J connectivity index is 3.67. The molecule has 0 rings (SSSR count). The Morgan fingerprint density at radius 2 is 1.75 bits per heavy atom. The maximum absolute atomic E-state index is 11.5. The molecule has 0 aliphatic heterocycles. The van der Waals surface area contributed by atoms with Gasteiger partial charge in [-0.3, -0.25) is 13.8 Å². The predicted octanol–water partition coefficient (Wildman–Crippen LogP) is 1.56. The van der Waals surface area contributed by atoms with Crippen molar-refractivity contribution in [3.8, 4) is 0 Å². The van der Waals surface area contributed by atoms with E-state index < -0.39 is 7.82 Å². The molecule has 0 aromatic carbocycles. The second-order valence-electron chi connectivity index (χ2n) is 5.47. The number of quaternary nitrogens is 1. The van der Waals surface area contributed by atoms with Crippen LogP contribution in [-0.4, -0.2) is 62.9 Å². The van der Waals surface area contributed by atoms with Crippen molar-refractivity contribution in [1.82, 2.24) is 0 Å². The van der Waals surface area contributed by atoms with E-state index in [1.807, 2.05) is 28.1 Å². The van der Waals surface area contributed by atoms with Crippen LogP contribution < -0.4 is 0 Å². The van der Waals surface area contributed by atoms with Crippen molar-refractivity contribution in [2.24, 2.45) is 0 Å². The minimum Gasteiger partial charge on any atom is -0.466 e. The van der Waals surface area contributed by atoms with Crippen LogP contribution in [0.25, 0.3) is 0 Å². The van der Waals surface area contributed by atoms with E-state index in [1.165, 1.54) is 0 Å². The van der Waals surface area contributed by atoms with E-state index in [9.17, 15) is 14.3 Å². The second kappa shape index (κ2) is 9.47. The second-order valence-corrected chi connectivity index (χ2v) is 6.93. The highest BCUT2D eigenvalue weighted by Crippen LogP contribution is 2.43. The maximum Gasteiger partial charge on any atom is 0.472 e. The minimum atomic E-state index is -4.01. The zero-order valence-corrected chi connectivity index (χ0v) is 13.7. The summed E-state index contributed by atoms with van der Waals surface area (Å²) in [6.07, 6.45) is 1.48. The molecule has 1 N–H and O–H groups in total. The number of phosphoric acid groups is 1. The number of nitrogens with zero attached hydrogens (tertiary/aromatic N) is 1. The molecule has 0 aromatic rings. The number of rotatable bonds is 11. The van der Waals surface area contributed by atoms with Gasteiger partial charge in [0.2, 0.25) is 0 Å². The molecule has 0 spiro atoms. The summed E-state index contributed by atoms with van der Waals surface area (Å²) in [6.45, 7) is 2.82. The lowest BCUT2D eigenvalue weighted by molar-refractivity contribution is -0.870. The molecule has 0 aliphatic rings. The quantitative estimate of drug-likeness (QED) is 0.270. The summed E-state index contributed by atoms with van der Waals surface area (Å²) in [6, 6.07) is 0. The monoisotopic (exact) mass is 312 g/mol. The van der Waals surface area contributed by atoms with Crippen molar-refractivity contribution in [2.75, 3.05) is 47.5 Å². The molecule has 0 saturated heterocycles. The predicted molar refractivity (Wildman–Crippen MR) is 75.1 cm³/mol. The van der Waals surface area contributed by atoms with Gasteiger partial charge in [0.25, 0.3) is 0 Å². The highest BCUT2D eigenvalue weighted by molar-refractivity contribution is 7.47. The number of likely N-dealkylation sites (N-methyl/N-ethyl adjacent to an activating group) is 1. The molecule has 7 nitrogen and oxygen atoms in total. The van der Waals surface area contributed by atoms with E-state index in [4.69, 9.17) is 13.8 Å². The summed E-state index contributed by atoms with van der Waals surface area (Å²) in [5, 5.41) is 0. The Morgan fingerprint density at radius 1 is 1.15 bits per heavy atom. The smallest absolute Gasteiger partial charge is 0.466 e. The molecule has 20 heavy (non-hydrogen) atoms. The fourth-order valence-corrected chi connectivity index (χ4v) is 1.92. The first kappa shape index (κ1) is 19.5. The first-order valence-electron chi connectivity index (χ1n) is 6.74. The molecule has 0 aromatic heterocycles. The van der Waals surface area contributed by atoms with Gasteiger partial charge in [-0.25, -0.2) is 4.57 Å². The zero-order chi connectivity index (χ0) is 15.6. The standard InChI is InChI=1S/C12H26NO6P/c1-5-7-12(14)17-9-6-10-18-20(15,16)19-11-8-13(2,3)4/h5-11H2,1-4H3/p+1. The Hall–Kier alpha value is -0.460. The number of hydrogen-bond acceptors (Lipinski definition) is 5. The molecule has 8 heteroatoms. The molecule has 120 valence electrons. The third-order valence-electron chi connectivity index (χ3n) is 2.28. The third-order valence-corrected chi connectivity index (χ3v) is 3.29. The lowest BCUT2D eigenvalue weighted by atomic mass is 10.3. The number of hydrogen-bond donors (Lipinski definition) is 1. The molecular weight excluding hydrogens is 285 g/mol. The van der Waals surface area contributed by atoms with Crippen LogP contribution in [0.15, 0.2) is 0 Å². The number of carbonyl (C=O) groups is 1. The van der Waals surface area contributed by atoms with Gasteiger partial charge in [-0.1, -0.05) is 6.92 Å². The highest BCUT2D eigenvalue weighted by Gasteiger charge is 2.22. The molecule has 0 saturated carbocycles. The van der Waals surface area contributed by atoms with Crippen LogP contribution >= 0.6 is 7.82 Å². The van der Waals surface area contributed by atoms with Gasteiger partial charge in [-0.05, 0) is 6.42 Å². The normalized spacial score (nSPS) is 14.8. The maximum atomic E-state index is 11.5. The first-order chi connectivity index (χ1) is 9.16. The van der Waals surface area contributed by atoms with Gasteiger partial charge in [0.05, 0.1) is 34.4 Å². The summed E-state index contributed by atoms with van der Waals surface area (Å²) in [4.78, 5) is 20.4. The van der Waals surface area contributed by atoms with E-state index in [2.05, 4.69) is 0 Å². The molecule has 0 bridgehead atoms. The molecular formula is C12H27NO6P+. The molecule has 1 atom stereocenters. The van der Waals surface area contributed by atoms with Crippen LogP contribution in [0.5, 0.6) is 0 Å². The Bertz CT molecular complexity index is 328. The van der Waals surface area contributed by atoms with Crippen LogP contribution in [0.1, 0.15) is 26.2 Å². The number of ether oxygens (including phenoxy) is 1. The fourth-order valence-electron chi connectivity index (χ4n) is 1.17. The summed E-state index contributed by atoms with van der Waals surface area (Å²) in [7, 11) is 1.86. The number of carbonyl (C=O) groups excluding carboxylic acids is 1. The molecule has 1 unspecified atom stereocenters. The zero-order valence-electron chi connectivity index (χ0n) is 12.8. The molecule has 0 radical (unpaired) electrons. The van der Waals surface area contributed by atoms with Crippen molar-refractivity contribution in [1.29, 1.82) is 0 Å². The van der Waals surface area contributed by atoms with Gasteiger partial charge in [0.15, 0.2) is 0 Å². The minimum absolute atomic E-state index is 0.0115. The average molecular weight is 312 g/mol. The first-order valence-corrected chi connectivity index (χ1v) is 8.24. The third kappa shape index (κ3) is 12.6. The SMILES string of the molecule is CCCC(=O)OCCCOP(=O)(O)OCC[N+](C)(C)C.